The largest absolute Gasteiger partial charge is 0.385 e. The van der Waals surface area contributed by atoms with E-state index in [1.807, 2.05) is 0 Å². The Hall–Kier alpha value is -0.0800. The van der Waals surface area contributed by atoms with E-state index in [0.717, 1.165) is 37.5 Å². The minimum absolute atomic E-state index is 0.747. The van der Waals surface area contributed by atoms with E-state index < -0.39 is 0 Å². The minimum atomic E-state index is 0.747. The first kappa shape index (κ1) is 11.0. The van der Waals surface area contributed by atoms with Crippen molar-refractivity contribution in [3.63, 3.8) is 0 Å². The van der Waals surface area contributed by atoms with Gasteiger partial charge in [0.2, 0.25) is 0 Å². The summed E-state index contributed by atoms with van der Waals surface area (Å²) in [7, 11) is 1.76. The van der Waals surface area contributed by atoms with Crippen molar-refractivity contribution in [2.75, 3.05) is 20.3 Å². The highest BCUT2D eigenvalue weighted by Crippen LogP contribution is 2.35. The summed E-state index contributed by atoms with van der Waals surface area (Å²) in [6.45, 7) is 6.61. The van der Waals surface area contributed by atoms with Crippen LogP contribution in [0.5, 0.6) is 0 Å². The lowest BCUT2D eigenvalue weighted by molar-refractivity contribution is 0.191. The first-order chi connectivity index (χ1) is 6.25. The van der Waals surface area contributed by atoms with Crippen molar-refractivity contribution < 1.29 is 4.74 Å². The first-order valence-corrected chi connectivity index (χ1v) is 5.48. The number of ether oxygens (including phenoxy) is 1. The molecule has 0 radical (unpaired) electrons. The summed E-state index contributed by atoms with van der Waals surface area (Å²) in [6, 6.07) is 0.747. The fraction of sp³-hybridized carbons (Fsp3) is 1.00. The van der Waals surface area contributed by atoms with Crippen molar-refractivity contribution >= 4 is 0 Å². The number of hydrogen-bond acceptors (Lipinski definition) is 2. The van der Waals surface area contributed by atoms with Gasteiger partial charge in [0.05, 0.1) is 0 Å². The number of rotatable bonds is 7. The molecule has 0 saturated heterocycles. The van der Waals surface area contributed by atoms with Crippen molar-refractivity contribution in [3.05, 3.63) is 0 Å². The van der Waals surface area contributed by atoms with Crippen molar-refractivity contribution in [3.8, 4) is 0 Å². The van der Waals surface area contributed by atoms with E-state index in [4.69, 9.17) is 4.74 Å². The van der Waals surface area contributed by atoms with Gasteiger partial charge in [-0.05, 0) is 37.6 Å². The third kappa shape index (κ3) is 4.10. The summed E-state index contributed by atoms with van der Waals surface area (Å²) >= 11 is 0. The van der Waals surface area contributed by atoms with Crippen molar-refractivity contribution in [2.24, 2.45) is 11.8 Å². The van der Waals surface area contributed by atoms with E-state index in [1.54, 1.807) is 7.11 Å². The lowest BCUT2D eigenvalue weighted by atomic mass is 9.99. The summed E-state index contributed by atoms with van der Waals surface area (Å²) in [5, 5.41) is 3.64. The summed E-state index contributed by atoms with van der Waals surface area (Å²) in [5.74, 6) is 1.73. The van der Waals surface area contributed by atoms with Gasteiger partial charge in [0.15, 0.2) is 0 Å². The van der Waals surface area contributed by atoms with Crippen LogP contribution in [-0.2, 0) is 4.74 Å². The van der Waals surface area contributed by atoms with Crippen LogP contribution in [0.15, 0.2) is 0 Å². The Bertz CT molecular complexity index is 130. The van der Waals surface area contributed by atoms with E-state index in [9.17, 15) is 0 Å². The smallest absolute Gasteiger partial charge is 0.0474 e. The van der Waals surface area contributed by atoms with Crippen LogP contribution in [0.25, 0.3) is 0 Å². The van der Waals surface area contributed by atoms with Crippen LogP contribution in [0.1, 0.15) is 33.1 Å². The highest BCUT2D eigenvalue weighted by molar-refractivity contribution is 4.88. The average molecular weight is 185 g/mol. The normalized spacial score (nSPS) is 19.4. The Balaban J connectivity index is 2.08. The Kier molecular flexibility index (Phi) is 4.74. The highest BCUT2D eigenvalue weighted by Gasteiger charge is 2.32. The van der Waals surface area contributed by atoms with E-state index in [1.165, 1.54) is 12.8 Å². The molecule has 1 aliphatic rings. The molecule has 1 atom stereocenters. The second-order valence-electron chi connectivity index (χ2n) is 4.41. The predicted molar refractivity (Wildman–Crippen MR) is 55.8 cm³/mol. The van der Waals surface area contributed by atoms with Gasteiger partial charge in [-0.1, -0.05) is 13.8 Å². The molecule has 0 heterocycles. The zero-order valence-electron chi connectivity index (χ0n) is 9.18. The molecule has 2 heteroatoms. The molecule has 78 valence electrons. The maximum atomic E-state index is 5.02. The summed E-state index contributed by atoms with van der Waals surface area (Å²) in [4.78, 5) is 0. The summed E-state index contributed by atoms with van der Waals surface area (Å²) < 4.78 is 5.02. The number of nitrogens with one attached hydrogen (secondary N) is 1. The molecular formula is C11H23NO. The zero-order valence-corrected chi connectivity index (χ0v) is 9.18. The van der Waals surface area contributed by atoms with Crippen LogP contribution >= 0.6 is 0 Å². The lowest BCUT2D eigenvalue weighted by Gasteiger charge is -2.21. The fourth-order valence-electron chi connectivity index (χ4n) is 1.89. The topological polar surface area (TPSA) is 21.3 Å². The fourth-order valence-corrected chi connectivity index (χ4v) is 1.89. The second-order valence-corrected chi connectivity index (χ2v) is 4.41. The Morgan fingerprint density at radius 3 is 2.54 bits per heavy atom. The Morgan fingerprint density at radius 2 is 2.08 bits per heavy atom. The number of hydrogen-bond donors (Lipinski definition) is 1. The molecule has 0 bridgehead atoms. The van der Waals surface area contributed by atoms with Gasteiger partial charge in [-0.15, -0.1) is 0 Å². The van der Waals surface area contributed by atoms with Crippen LogP contribution in [-0.4, -0.2) is 26.3 Å². The minimum Gasteiger partial charge on any atom is -0.385 e. The molecule has 0 spiro atoms. The second kappa shape index (κ2) is 5.61. The van der Waals surface area contributed by atoms with Gasteiger partial charge < -0.3 is 10.1 Å². The lowest BCUT2D eigenvalue weighted by Crippen LogP contribution is -2.36. The Morgan fingerprint density at radius 1 is 1.38 bits per heavy atom. The average Bonchev–Trinajstić information content (AvgIpc) is 2.87. The molecule has 1 fully saturated rings. The molecule has 2 nitrogen and oxygen atoms in total. The number of methoxy groups -OCH3 is 1. The van der Waals surface area contributed by atoms with Crippen LogP contribution in [0, 0.1) is 11.8 Å². The molecule has 1 aliphatic carbocycles. The molecule has 1 rings (SSSR count). The van der Waals surface area contributed by atoms with Gasteiger partial charge in [-0.2, -0.15) is 0 Å². The summed E-state index contributed by atoms with van der Waals surface area (Å²) in [5.41, 5.74) is 0. The summed E-state index contributed by atoms with van der Waals surface area (Å²) in [6.07, 6.45) is 3.99. The monoisotopic (exact) mass is 185 g/mol. The zero-order chi connectivity index (χ0) is 9.68. The van der Waals surface area contributed by atoms with Crippen molar-refractivity contribution in [1.82, 2.24) is 5.32 Å². The third-order valence-corrected chi connectivity index (χ3v) is 2.75. The third-order valence-electron chi connectivity index (χ3n) is 2.75. The molecule has 0 amide bonds. The quantitative estimate of drug-likeness (QED) is 0.613. The van der Waals surface area contributed by atoms with Gasteiger partial charge in [-0.25, -0.2) is 0 Å². The van der Waals surface area contributed by atoms with Crippen molar-refractivity contribution in [2.45, 2.75) is 39.2 Å². The standard InChI is InChI=1S/C11H23NO/c1-9(2)11(10-5-6-10)12-7-4-8-13-3/h9-12H,4-8H2,1-3H3. The Labute approximate surface area is 82.0 Å². The predicted octanol–water partition coefficient (Wildman–Crippen LogP) is 2.05. The molecule has 1 saturated carbocycles. The van der Waals surface area contributed by atoms with Crippen LogP contribution in [0.3, 0.4) is 0 Å². The van der Waals surface area contributed by atoms with E-state index in [2.05, 4.69) is 19.2 Å². The van der Waals surface area contributed by atoms with Gasteiger partial charge in [0, 0.05) is 19.8 Å². The molecule has 1 N–H and O–H groups in total. The van der Waals surface area contributed by atoms with Crippen LogP contribution < -0.4 is 5.32 Å². The van der Waals surface area contributed by atoms with Gasteiger partial charge in [0.25, 0.3) is 0 Å². The first-order valence-electron chi connectivity index (χ1n) is 5.48. The van der Waals surface area contributed by atoms with Crippen LogP contribution in [0.2, 0.25) is 0 Å². The van der Waals surface area contributed by atoms with Gasteiger partial charge in [0.1, 0.15) is 0 Å². The molecule has 1 unspecified atom stereocenters. The van der Waals surface area contributed by atoms with Crippen LogP contribution in [0.4, 0.5) is 0 Å². The SMILES string of the molecule is COCCCNC(C(C)C)C1CC1. The molecule has 13 heavy (non-hydrogen) atoms. The molecule has 0 aliphatic heterocycles. The maximum Gasteiger partial charge on any atom is 0.0474 e. The molecule has 0 aromatic rings. The van der Waals surface area contributed by atoms with Crippen molar-refractivity contribution in [1.29, 1.82) is 0 Å². The molecule has 0 aromatic carbocycles. The van der Waals surface area contributed by atoms with E-state index in [-0.39, 0.29) is 0 Å². The van der Waals surface area contributed by atoms with E-state index >= 15 is 0 Å². The van der Waals surface area contributed by atoms with E-state index in [0.29, 0.717) is 0 Å². The van der Waals surface area contributed by atoms with Gasteiger partial charge >= 0.3 is 0 Å². The maximum absolute atomic E-state index is 5.02. The van der Waals surface area contributed by atoms with Gasteiger partial charge in [-0.3, -0.25) is 0 Å². The molecule has 0 aromatic heterocycles. The highest BCUT2D eigenvalue weighted by atomic mass is 16.5. The molecular weight excluding hydrogens is 162 g/mol.